The van der Waals surface area contributed by atoms with Crippen molar-refractivity contribution in [2.75, 3.05) is 0 Å². The molecule has 0 radical (unpaired) electrons. The molecule has 0 spiro atoms. The summed E-state index contributed by atoms with van der Waals surface area (Å²) in [6, 6.07) is 0.0162. The van der Waals surface area contributed by atoms with Gasteiger partial charge in [0.15, 0.2) is 0 Å². The second-order valence-electron chi connectivity index (χ2n) is 3.07. The van der Waals surface area contributed by atoms with Gasteiger partial charge in [-0.25, -0.2) is 0 Å². The van der Waals surface area contributed by atoms with Crippen molar-refractivity contribution in [3.8, 4) is 0 Å². The molecule has 3 heteroatoms. The van der Waals surface area contributed by atoms with E-state index in [0.717, 1.165) is 5.57 Å². The lowest BCUT2D eigenvalue weighted by atomic mass is 9.91. The molecular formula is C11H16N2O. The highest BCUT2D eigenvalue weighted by Gasteiger charge is 2.28. The van der Waals surface area contributed by atoms with Gasteiger partial charge in [0.25, 0.3) is 0 Å². The molecule has 1 heterocycles. The molecule has 2 aliphatic rings. The summed E-state index contributed by atoms with van der Waals surface area (Å²) in [5.74, 6) is -0.0568. The van der Waals surface area contributed by atoms with E-state index in [4.69, 9.17) is 0 Å². The largest absolute Gasteiger partial charge is 0.317 e. The maximum atomic E-state index is 11.3. The smallest absolute Gasteiger partial charge is 0.234 e. The molecule has 76 valence electrons. The standard InChI is InChI=1S/C9H10N2O.C2H6/c1-6-2-3-8-7(4-6)9(12)11-5-10-8;1-2/h2-5,7-8H,1H3,(H,10,11,12);1-2H3. The van der Waals surface area contributed by atoms with Crippen molar-refractivity contribution in [3.63, 3.8) is 0 Å². The molecule has 14 heavy (non-hydrogen) atoms. The highest BCUT2D eigenvalue weighted by molar-refractivity contribution is 5.93. The van der Waals surface area contributed by atoms with Gasteiger partial charge >= 0.3 is 0 Å². The Balaban J connectivity index is 0.000000461. The molecule has 2 rings (SSSR count). The molecule has 0 aromatic heterocycles. The van der Waals surface area contributed by atoms with Crippen molar-refractivity contribution in [2.45, 2.75) is 26.8 Å². The van der Waals surface area contributed by atoms with Crippen LogP contribution in [0, 0.1) is 5.92 Å². The van der Waals surface area contributed by atoms with Crippen LogP contribution in [0.4, 0.5) is 0 Å². The predicted molar refractivity (Wildman–Crippen MR) is 58.2 cm³/mol. The third-order valence-corrected chi connectivity index (χ3v) is 2.12. The van der Waals surface area contributed by atoms with Crippen LogP contribution in [0.2, 0.25) is 0 Å². The van der Waals surface area contributed by atoms with Gasteiger partial charge in [-0.3, -0.25) is 9.79 Å². The number of fused-ring (bicyclic) bond motifs is 1. The highest BCUT2D eigenvalue weighted by atomic mass is 16.2. The molecule has 0 bridgehead atoms. The topological polar surface area (TPSA) is 41.5 Å². The Bertz CT molecular complexity index is 302. The van der Waals surface area contributed by atoms with E-state index in [1.165, 1.54) is 6.34 Å². The molecule has 0 saturated heterocycles. The summed E-state index contributed by atoms with van der Waals surface area (Å²) in [7, 11) is 0. The number of amides is 1. The number of rotatable bonds is 0. The van der Waals surface area contributed by atoms with Gasteiger partial charge in [-0.15, -0.1) is 0 Å². The second-order valence-corrected chi connectivity index (χ2v) is 3.07. The van der Waals surface area contributed by atoms with Crippen molar-refractivity contribution >= 4 is 12.2 Å². The molecular weight excluding hydrogens is 176 g/mol. The number of carbonyl (C=O) groups excluding carboxylic acids is 1. The zero-order valence-electron chi connectivity index (χ0n) is 8.82. The van der Waals surface area contributed by atoms with E-state index in [2.05, 4.69) is 10.3 Å². The second kappa shape index (κ2) is 4.74. The van der Waals surface area contributed by atoms with Gasteiger partial charge in [0.05, 0.1) is 18.3 Å². The monoisotopic (exact) mass is 192 g/mol. The number of hydrogen-bond acceptors (Lipinski definition) is 2. The number of hydrogen-bond donors (Lipinski definition) is 1. The Kier molecular flexibility index (Phi) is 3.63. The van der Waals surface area contributed by atoms with Gasteiger partial charge in [0.2, 0.25) is 5.91 Å². The van der Waals surface area contributed by atoms with Crippen LogP contribution in [0.1, 0.15) is 20.8 Å². The van der Waals surface area contributed by atoms with Crippen molar-refractivity contribution in [1.29, 1.82) is 0 Å². The van der Waals surface area contributed by atoms with Crippen molar-refractivity contribution in [2.24, 2.45) is 10.9 Å². The molecule has 2 atom stereocenters. The maximum Gasteiger partial charge on any atom is 0.234 e. The van der Waals surface area contributed by atoms with E-state index in [-0.39, 0.29) is 17.9 Å². The SMILES string of the molecule is CC.CC1=CC2C(=O)NC=NC2C=C1. The molecule has 0 aromatic carbocycles. The van der Waals surface area contributed by atoms with E-state index in [1.54, 1.807) is 0 Å². The van der Waals surface area contributed by atoms with Crippen LogP contribution >= 0.6 is 0 Å². The highest BCUT2D eigenvalue weighted by Crippen LogP contribution is 2.21. The molecule has 0 aromatic rings. The van der Waals surface area contributed by atoms with E-state index in [0.29, 0.717) is 0 Å². The van der Waals surface area contributed by atoms with Crippen molar-refractivity contribution in [1.82, 2.24) is 5.32 Å². The minimum absolute atomic E-state index is 0.0162. The van der Waals surface area contributed by atoms with E-state index < -0.39 is 0 Å². The Morgan fingerprint density at radius 3 is 2.86 bits per heavy atom. The molecule has 0 saturated carbocycles. The lowest BCUT2D eigenvalue weighted by Gasteiger charge is -2.23. The first kappa shape index (κ1) is 10.7. The molecule has 1 aliphatic heterocycles. The lowest BCUT2D eigenvalue weighted by molar-refractivity contribution is -0.122. The Hall–Kier alpha value is -1.38. The minimum atomic E-state index is -0.0972. The number of carbonyl (C=O) groups is 1. The Morgan fingerprint density at radius 2 is 2.14 bits per heavy atom. The first-order chi connectivity index (χ1) is 6.77. The number of allylic oxidation sites excluding steroid dienone is 2. The lowest BCUT2D eigenvalue weighted by Crippen LogP contribution is -2.40. The van der Waals surface area contributed by atoms with Crippen molar-refractivity contribution in [3.05, 3.63) is 23.8 Å². The third kappa shape index (κ3) is 2.10. The van der Waals surface area contributed by atoms with Gasteiger partial charge in [0, 0.05) is 0 Å². The molecule has 1 aliphatic carbocycles. The molecule has 2 unspecified atom stereocenters. The first-order valence-electron chi connectivity index (χ1n) is 4.96. The van der Waals surface area contributed by atoms with Gasteiger partial charge < -0.3 is 5.32 Å². The summed E-state index contributed by atoms with van der Waals surface area (Å²) in [6.07, 6.45) is 7.39. The van der Waals surface area contributed by atoms with Crippen LogP contribution in [-0.4, -0.2) is 18.3 Å². The Labute approximate surface area is 84.6 Å². The fourth-order valence-electron chi connectivity index (χ4n) is 1.46. The van der Waals surface area contributed by atoms with Gasteiger partial charge in [-0.1, -0.05) is 37.6 Å². The molecule has 0 fully saturated rings. The summed E-state index contributed by atoms with van der Waals surface area (Å²) in [6.45, 7) is 5.98. The number of nitrogens with zero attached hydrogens (tertiary/aromatic N) is 1. The summed E-state index contributed by atoms with van der Waals surface area (Å²) in [4.78, 5) is 15.4. The molecule has 3 nitrogen and oxygen atoms in total. The summed E-state index contributed by atoms with van der Waals surface area (Å²) < 4.78 is 0. The van der Waals surface area contributed by atoms with E-state index >= 15 is 0 Å². The fourth-order valence-corrected chi connectivity index (χ4v) is 1.46. The Morgan fingerprint density at radius 1 is 1.43 bits per heavy atom. The average molecular weight is 192 g/mol. The zero-order valence-corrected chi connectivity index (χ0v) is 8.82. The summed E-state index contributed by atoms with van der Waals surface area (Å²) in [5, 5.41) is 2.59. The summed E-state index contributed by atoms with van der Waals surface area (Å²) in [5.41, 5.74) is 1.13. The third-order valence-electron chi connectivity index (χ3n) is 2.12. The first-order valence-corrected chi connectivity index (χ1v) is 4.96. The maximum absolute atomic E-state index is 11.3. The van der Waals surface area contributed by atoms with E-state index in [1.807, 2.05) is 39.0 Å². The van der Waals surface area contributed by atoms with Crippen LogP contribution in [0.5, 0.6) is 0 Å². The number of aliphatic imine (C=N–C) groups is 1. The summed E-state index contributed by atoms with van der Waals surface area (Å²) >= 11 is 0. The van der Waals surface area contributed by atoms with Crippen LogP contribution < -0.4 is 5.32 Å². The predicted octanol–water partition coefficient (Wildman–Crippen LogP) is 1.67. The van der Waals surface area contributed by atoms with Crippen molar-refractivity contribution < 1.29 is 4.79 Å². The van der Waals surface area contributed by atoms with Gasteiger partial charge in [-0.2, -0.15) is 0 Å². The average Bonchev–Trinajstić information content (AvgIpc) is 2.22. The van der Waals surface area contributed by atoms with Crippen LogP contribution in [0.25, 0.3) is 0 Å². The quantitative estimate of drug-likeness (QED) is 0.623. The number of nitrogens with one attached hydrogen (secondary N) is 1. The van der Waals surface area contributed by atoms with Gasteiger partial charge in [-0.05, 0) is 6.92 Å². The normalized spacial score (nSPS) is 28.2. The molecule has 1 N–H and O–H groups in total. The minimum Gasteiger partial charge on any atom is -0.317 e. The molecule has 1 amide bonds. The van der Waals surface area contributed by atoms with Crippen LogP contribution in [0.15, 0.2) is 28.8 Å². The van der Waals surface area contributed by atoms with Crippen LogP contribution in [0.3, 0.4) is 0 Å². The van der Waals surface area contributed by atoms with E-state index in [9.17, 15) is 4.79 Å². The van der Waals surface area contributed by atoms with Crippen LogP contribution in [-0.2, 0) is 4.79 Å². The zero-order chi connectivity index (χ0) is 10.6. The fraction of sp³-hybridized carbons (Fsp3) is 0.455. The van der Waals surface area contributed by atoms with Gasteiger partial charge in [0.1, 0.15) is 0 Å².